The topological polar surface area (TPSA) is 122 Å². The van der Waals surface area contributed by atoms with Crippen LogP contribution in [-0.4, -0.2) is 37.6 Å². The van der Waals surface area contributed by atoms with E-state index in [-0.39, 0.29) is 30.4 Å². The second-order valence-corrected chi connectivity index (χ2v) is 5.28. The Hall–Kier alpha value is -3.82. The lowest BCUT2D eigenvalue weighted by molar-refractivity contribution is -0.385. The zero-order valence-electron chi connectivity index (χ0n) is 14.2. The van der Waals surface area contributed by atoms with E-state index in [0.717, 1.165) is 6.21 Å². The van der Waals surface area contributed by atoms with Gasteiger partial charge in [-0.2, -0.15) is 5.10 Å². The number of benzene rings is 2. The fraction of sp³-hybridized carbons (Fsp3) is 0.176. The summed E-state index contributed by atoms with van der Waals surface area (Å²) in [6.07, 6.45) is 1.16. The number of rotatable bonds is 7. The molecule has 1 amide bonds. The van der Waals surface area contributed by atoms with Crippen molar-refractivity contribution in [3.63, 3.8) is 0 Å². The van der Waals surface area contributed by atoms with E-state index < -0.39 is 10.8 Å². The number of fused-ring (bicyclic) bond motifs is 1. The molecule has 2 aromatic carbocycles. The van der Waals surface area contributed by atoms with Crippen molar-refractivity contribution in [2.24, 2.45) is 5.10 Å². The molecule has 1 aliphatic rings. The van der Waals surface area contributed by atoms with Gasteiger partial charge in [0.1, 0.15) is 11.5 Å². The van der Waals surface area contributed by atoms with Gasteiger partial charge in [-0.15, -0.1) is 0 Å². The molecule has 0 spiro atoms. The number of ether oxygens (including phenoxy) is 4. The fourth-order valence-electron chi connectivity index (χ4n) is 2.24. The minimum Gasteiger partial charge on any atom is -0.497 e. The number of carbonyl (C=O) groups excluding carboxylic acids is 1. The molecule has 2 aromatic rings. The molecule has 0 radical (unpaired) electrons. The second-order valence-electron chi connectivity index (χ2n) is 5.28. The molecular formula is C17H15N3O7. The third-order valence-corrected chi connectivity index (χ3v) is 3.54. The van der Waals surface area contributed by atoms with Crippen molar-refractivity contribution in [2.45, 2.75) is 0 Å². The molecule has 0 unspecified atom stereocenters. The third kappa shape index (κ3) is 4.42. The van der Waals surface area contributed by atoms with Gasteiger partial charge in [-0.05, 0) is 30.3 Å². The zero-order valence-corrected chi connectivity index (χ0v) is 14.2. The van der Waals surface area contributed by atoms with Crippen LogP contribution in [-0.2, 0) is 4.79 Å². The number of methoxy groups -OCH3 is 1. The SMILES string of the molecule is COc1ccc(OCC(=O)N/N=C/c2cc3c(cc2[N+](=O)[O-])OCO3)cc1. The summed E-state index contributed by atoms with van der Waals surface area (Å²) in [5.74, 6) is 1.29. The number of nitro benzene ring substituents is 1. The summed E-state index contributed by atoms with van der Waals surface area (Å²) in [5, 5.41) is 14.9. The van der Waals surface area contributed by atoms with E-state index in [4.69, 9.17) is 18.9 Å². The van der Waals surface area contributed by atoms with Gasteiger partial charge in [-0.25, -0.2) is 5.43 Å². The van der Waals surface area contributed by atoms with Gasteiger partial charge in [-0.3, -0.25) is 14.9 Å². The van der Waals surface area contributed by atoms with Gasteiger partial charge in [0.2, 0.25) is 6.79 Å². The minimum absolute atomic E-state index is 0.00742. The van der Waals surface area contributed by atoms with Gasteiger partial charge in [0.25, 0.3) is 11.6 Å². The molecule has 3 rings (SSSR count). The van der Waals surface area contributed by atoms with Crippen molar-refractivity contribution in [1.82, 2.24) is 5.43 Å². The number of hydrogen-bond acceptors (Lipinski definition) is 8. The van der Waals surface area contributed by atoms with Crippen molar-refractivity contribution in [1.29, 1.82) is 0 Å². The van der Waals surface area contributed by atoms with E-state index in [2.05, 4.69) is 10.5 Å². The first kappa shape index (κ1) is 18.0. The van der Waals surface area contributed by atoms with Crippen LogP contribution in [0.25, 0.3) is 0 Å². The van der Waals surface area contributed by atoms with Gasteiger partial charge < -0.3 is 18.9 Å². The van der Waals surface area contributed by atoms with E-state index in [1.807, 2.05) is 0 Å². The Bertz CT molecular complexity index is 881. The summed E-state index contributed by atoms with van der Waals surface area (Å²) >= 11 is 0. The van der Waals surface area contributed by atoms with Crippen molar-refractivity contribution in [2.75, 3.05) is 20.5 Å². The van der Waals surface area contributed by atoms with Gasteiger partial charge in [0.15, 0.2) is 18.1 Å². The lowest BCUT2D eigenvalue weighted by Crippen LogP contribution is -2.24. The number of nitrogens with one attached hydrogen (secondary N) is 1. The Balaban J connectivity index is 1.58. The molecule has 1 aliphatic heterocycles. The number of nitro groups is 1. The normalized spacial score (nSPS) is 12.0. The van der Waals surface area contributed by atoms with Crippen LogP contribution in [0.3, 0.4) is 0 Å². The van der Waals surface area contributed by atoms with Gasteiger partial charge >= 0.3 is 0 Å². The first-order chi connectivity index (χ1) is 13.1. The van der Waals surface area contributed by atoms with E-state index >= 15 is 0 Å². The highest BCUT2D eigenvalue weighted by Gasteiger charge is 2.22. The summed E-state index contributed by atoms with van der Waals surface area (Å²) in [6, 6.07) is 9.38. The summed E-state index contributed by atoms with van der Waals surface area (Å²) < 4.78 is 20.6. The first-order valence-corrected chi connectivity index (χ1v) is 7.73. The summed E-state index contributed by atoms with van der Waals surface area (Å²) in [6.45, 7) is -0.278. The van der Waals surface area contributed by atoms with Crippen LogP contribution in [0.4, 0.5) is 5.69 Å². The van der Waals surface area contributed by atoms with Crippen molar-refractivity contribution >= 4 is 17.8 Å². The minimum atomic E-state index is -0.572. The smallest absolute Gasteiger partial charge is 0.282 e. The van der Waals surface area contributed by atoms with Crippen LogP contribution < -0.4 is 24.4 Å². The lowest BCUT2D eigenvalue weighted by Gasteiger charge is -2.06. The molecule has 140 valence electrons. The molecule has 0 saturated carbocycles. The summed E-state index contributed by atoms with van der Waals surface area (Å²) in [5.41, 5.74) is 2.20. The van der Waals surface area contributed by atoms with Crippen LogP contribution in [0, 0.1) is 10.1 Å². The molecule has 10 nitrogen and oxygen atoms in total. The molecule has 10 heteroatoms. The van der Waals surface area contributed by atoms with Crippen molar-refractivity contribution in [3.8, 4) is 23.0 Å². The van der Waals surface area contributed by atoms with E-state index in [1.165, 1.54) is 12.1 Å². The molecule has 0 aliphatic carbocycles. The maximum absolute atomic E-state index is 11.8. The van der Waals surface area contributed by atoms with Crippen LogP contribution in [0.2, 0.25) is 0 Å². The van der Waals surface area contributed by atoms with Crippen LogP contribution >= 0.6 is 0 Å². The van der Waals surface area contributed by atoms with E-state index in [1.54, 1.807) is 31.4 Å². The first-order valence-electron chi connectivity index (χ1n) is 7.73. The van der Waals surface area contributed by atoms with E-state index in [9.17, 15) is 14.9 Å². The highest BCUT2D eigenvalue weighted by atomic mass is 16.7. The molecular weight excluding hydrogens is 358 g/mol. The zero-order chi connectivity index (χ0) is 19.2. The summed E-state index contributed by atoms with van der Waals surface area (Å²) in [7, 11) is 1.55. The van der Waals surface area contributed by atoms with Crippen LogP contribution in [0.5, 0.6) is 23.0 Å². The van der Waals surface area contributed by atoms with Crippen molar-refractivity contribution in [3.05, 3.63) is 52.1 Å². The maximum Gasteiger partial charge on any atom is 0.282 e. The van der Waals surface area contributed by atoms with E-state index in [0.29, 0.717) is 17.2 Å². The average Bonchev–Trinajstić information content (AvgIpc) is 3.13. The average molecular weight is 373 g/mol. The number of hydrogen-bond donors (Lipinski definition) is 1. The highest BCUT2D eigenvalue weighted by molar-refractivity contribution is 5.88. The Morgan fingerprint density at radius 2 is 1.93 bits per heavy atom. The Morgan fingerprint density at radius 1 is 1.26 bits per heavy atom. The molecule has 0 saturated heterocycles. The van der Waals surface area contributed by atoms with Gasteiger partial charge in [0.05, 0.1) is 29.9 Å². The molecule has 0 bridgehead atoms. The van der Waals surface area contributed by atoms with Crippen LogP contribution in [0.15, 0.2) is 41.5 Å². The van der Waals surface area contributed by atoms with Crippen LogP contribution in [0.1, 0.15) is 5.56 Å². The Labute approximate surface area is 153 Å². The Kier molecular flexibility index (Phi) is 5.36. The molecule has 27 heavy (non-hydrogen) atoms. The lowest BCUT2D eigenvalue weighted by atomic mass is 10.1. The largest absolute Gasteiger partial charge is 0.497 e. The van der Waals surface area contributed by atoms with Gasteiger partial charge in [0, 0.05) is 0 Å². The highest BCUT2D eigenvalue weighted by Crippen LogP contribution is 2.37. The molecule has 0 atom stereocenters. The second kappa shape index (κ2) is 8.04. The quantitative estimate of drug-likeness (QED) is 0.446. The predicted octanol–water partition coefficient (Wildman–Crippen LogP) is 1.86. The molecule has 1 N–H and O–H groups in total. The standard InChI is InChI=1S/C17H15N3O7/c1-24-12-2-4-13(5-3-12)25-9-17(21)19-18-8-11-6-15-16(27-10-26-15)7-14(11)20(22)23/h2-8H,9-10H2,1H3,(H,19,21)/b18-8+. The summed E-state index contributed by atoms with van der Waals surface area (Å²) in [4.78, 5) is 22.4. The number of amides is 1. The Morgan fingerprint density at radius 3 is 2.59 bits per heavy atom. The molecule has 1 heterocycles. The monoisotopic (exact) mass is 373 g/mol. The fourth-order valence-corrected chi connectivity index (χ4v) is 2.24. The number of carbonyl (C=O) groups is 1. The van der Waals surface area contributed by atoms with Crippen molar-refractivity contribution < 1.29 is 28.7 Å². The number of hydrazone groups is 1. The third-order valence-electron chi connectivity index (χ3n) is 3.54. The molecule has 0 aromatic heterocycles. The van der Waals surface area contributed by atoms with Gasteiger partial charge in [-0.1, -0.05) is 0 Å². The maximum atomic E-state index is 11.8. The predicted molar refractivity (Wildman–Crippen MR) is 93.4 cm³/mol. The molecule has 0 fully saturated rings. The number of nitrogens with zero attached hydrogens (tertiary/aromatic N) is 2.